The summed E-state index contributed by atoms with van der Waals surface area (Å²) in [5, 5.41) is 21.0. The van der Waals surface area contributed by atoms with Gasteiger partial charge in [-0.25, -0.2) is 14.6 Å². The number of aryl methyl sites for hydroxylation is 2. The molecular formula is C12H17N3O5. The van der Waals surface area contributed by atoms with E-state index in [4.69, 9.17) is 9.52 Å². The second kappa shape index (κ2) is 5.49. The van der Waals surface area contributed by atoms with Gasteiger partial charge < -0.3 is 24.8 Å². The molecule has 1 aliphatic rings. The molecule has 0 radical (unpaired) electrons. The Morgan fingerprint density at radius 2 is 2.20 bits per heavy atom. The first kappa shape index (κ1) is 14.3. The maximum absolute atomic E-state index is 11.9. The molecule has 1 saturated heterocycles. The van der Waals surface area contributed by atoms with Crippen molar-refractivity contribution >= 4 is 12.0 Å². The largest absolute Gasteiger partial charge is 0.480 e. The van der Waals surface area contributed by atoms with E-state index in [0.29, 0.717) is 11.7 Å². The summed E-state index contributed by atoms with van der Waals surface area (Å²) >= 11 is 0. The minimum absolute atomic E-state index is 0.00639. The summed E-state index contributed by atoms with van der Waals surface area (Å²) in [5.41, 5.74) is 0.745. The Balaban J connectivity index is 1.95. The zero-order valence-electron chi connectivity index (χ0n) is 11.3. The van der Waals surface area contributed by atoms with Crippen LogP contribution in [-0.4, -0.2) is 50.8 Å². The van der Waals surface area contributed by atoms with Gasteiger partial charge in [0, 0.05) is 13.0 Å². The van der Waals surface area contributed by atoms with Gasteiger partial charge in [0.05, 0.1) is 18.3 Å². The molecule has 0 unspecified atom stereocenters. The van der Waals surface area contributed by atoms with Crippen molar-refractivity contribution in [1.82, 2.24) is 15.2 Å². The molecule has 1 aliphatic heterocycles. The van der Waals surface area contributed by atoms with Crippen LogP contribution in [0.4, 0.5) is 4.79 Å². The number of rotatable bonds is 3. The van der Waals surface area contributed by atoms with Crippen molar-refractivity contribution in [3.8, 4) is 0 Å². The Morgan fingerprint density at radius 1 is 1.50 bits per heavy atom. The van der Waals surface area contributed by atoms with E-state index < -0.39 is 24.1 Å². The summed E-state index contributed by atoms with van der Waals surface area (Å²) in [5.74, 6) is -0.0891. The maximum atomic E-state index is 11.9. The van der Waals surface area contributed by atoms with Crippen molar-refractivity contribution in [2.75, 3.05) is 6.54 Å². The first-order chi connectivity index (χ1) is 9.38. The number of hydrogen-bond donors (Lipinski definition) is 3. The molecule has 8 nitrogen and oxygen atoms in total. The average molecular weight is 283 g/mol. The Morgan fingerprint density at radius 3 is 2.75 bits per heavy atom. The van der Waals surface area contributed by atoms with Crippen molar-refractivity contribution in [3.05, 3.63) is 17.3 Å². The van der Waals surface area contributed by atoms with Gasteiger partial charge in [0.15, 0.2) is 0 Å². The molecule has 1 aromatic rings. The number of carbonyl (C=O) groups is 2. The average Bonchev–Trinajstić information content (AvgIpc) is 2.91. The van der Waals surface area contributed by atoms with Crippen LogP contribution >= 0.6 is 0 Å². The molecule has 2 atom stereocenters. The standard InChI is InChI=1S/C12H17N3O5/c1-6-7(2)20-10(14-6)4-13-12(19)15-5-8(16)3-9(15)11(17)18/h8-9,16H,3-5H2,1-2H3,(H,13,19)(H,17,18)/t8-,9+/m1/s1. The highest BCUT2D eigenvalue weighted by Gasteiger charge is 2.38. The molecule has 3 N–H and O–H groups in total. The highest BCUT2D eigenvalue weighted by molar-refractivity contribution is 5.83. The molecule has 8 heteroatoms. The zero-order chi connectivity index (χ0) is 14.9. The van der Waals surface area contributed by atoms with Crippen molar-refractivity contribution in [2.45, 2.75) is 39.0 Å². The number of amides is 2. The summed E-state index contributed by atoms with van der Waals surface area (Å²) in [6.45, 7) is 3.64. The van der Waals surface area contributed by atoms with Crippen LogP contribution < -0.4 is 5.32 Å². The van der Waals surface area contributed by atoms with E-state index >= 15 is 0 Å². The van der Waals surface area contributed by atoms with Gasteiger partial charge in [0.1, 0.15) is 11.8 Å². The summed E-state index contributed by atoms with van der Waals surface area (Å²) < 4.78 is 5.31. The lowest BCUT2D eigenvalue weighted by molar-refractivity contribution is -0.141. The maximum Gasteiger partial charge on any atom is 0.326 e. The number of carbonyl (C=O) groups excluding carboxylic acids is 1. The predicted octanol–water partition coefficient (Wildman–Crippen LogP) is 0.0208. The molecule has 0 aliphatic carbocycles. The van der Waals surface area contributed by atoms with Crippen LogP contribution in [0.2, 0.25) is 0 Å². The molecule has 0 spiro atoms. The minimum atomic E-state index is -1.13. The zero-order valence-corrected chi connectivity index (χ0v) is 11.3. The second-order valence-corrected chi connectivity index (χ2v) is 4.80. The normalized spacial score (nSPS) is 22.1. The number of hydrogen-bond acceptors (Lipinski definition) is 5. The Bertz CT molecular complexity index is 508. The summed E-state index contributed by atoms with van der Waals surface area (Å²) in [6, 6.07) is -1.56. The van der Waals surface area contributed by atoms with Crippen LogP contribution in [0.15, 0.2) is 4.42 Å². The summed E-state index contributed by atoms with van der Waals surface area (Å²) in [4.78, 5) is 28.2. The first-order valence-electron chi connectivity index (χ1n) is 6.26. The lowest BCUT2D eigenvalue weighted by Crippen LogP contribution is -2.46. The number of nitrogens with one attached hydrogen (secondary N) is 1. The highest BCUT2D eigenvalue weighted by atomic mass is 16.4. The van der Waals surface area contributed by atoms with E-state index in [-0.39, 0.29) is 19.5 Å². The van der Waals surface area contributed by atoms with Crippen LogP contribution in [0.3, 0.4) is 0 Å². The third-order valence-corrected chi connectivity index (χ3v) is 3.29. The van der Waals surface area contributed by atoms with Crippen molar-refractivity contribution in [2.24, 2.45) is 0 Å². The number of β-amino-alcohol motifs (C(OH)–C–C–N with tert-alkyl or cyclic N) is 1. The summed E-state index contributed by atoms with van der Waals surface area (Å²) in [7, 11) is 0. The van der Waals surface area contributed by atoms with E-state index in [2.05, 4.69) is 10.3 Å². The molecule has 1 fully saturated rings. The molecule has 0 aromatic carbocycles. The number of oxazole rings is 1. The van der Waals surface area contributed by atoms with Crippen molar-refractivity contribution < 1.29 is 24.2 Å². The van der Waals surface area contributed by atoms with Gasteiger partial charge >= 0.3 is 12.0 Å². The predicted molar refractivity (Wildman–Crippen MR) is 67.0 cm³/mol. The van der Waals surface area contributed by atoms with Gasteiger partial charge in [-0.1, -0.05) is 0 Å². The van der Waals surface area contributed by atoms with E-state index in [1.807, 2.05) is 0 Å². The summed E-state index contributed by atoms with van der Waals surface area (Å²) in [6.07, 6.45) is -0.770. The number of aliphatic hydroxyl groups is 1. The quantitative estimate of drug-likeness (QED) is 0.720. The highest BCUT2D eigenvalue weighted by Crippen LogP contribution is 2.18. The van der Waals surface area contributed by atoms with E-state index in [9.17, 15) is 14.7 Å². The van der Waals surface area contributed by atoms with Gasteiger partial charge in [-0.3, -0.25) is 0 Å². The lowest BCUT2D eigenvalue weighted by Gasteiger charge is -2.21. The number of aliphatic carboxylic acids is 1. The van der Waals surface area contributed by atoms with E-state index in [1.165, 1.54) is 0 Å². The van der Waals surface area contributed by atoms with Crippen molar-refractivity contribution in [1.29, 1.82) is 0 Å². The number of likely N-dealkylation sites (tertiary alicyclic amines) is 1. The topological polar surface area (TPSA) is 116 Å². The Hall–Kier alpha value is -2.09. The third kappa shape index (κ3) is 2.90. The smallest absolute Gasteiger partial charge is 0.326 e. The monoisotopic (exact) mass is 283 g/mol. The molecule has 0 bridgehead atoms. The number of nitrogens with zero attached hydrogens (tertiary/aromatic N) is 2. The van der Waals surface area contributed by atoms with Crippen LogP contribution in [0.1, 0.15) is 23.8 Å². The van der Waals surface area contributed by atoms with E-state index in [1.54, 1.807) is 13.8 Å². The molecule has 20 heavy (non-hydrogen) atoms. The molecule has 2 heterocycles. The van der Waals surface area contributed by atoms with Crippen LogP contribution in [0, 0.1) is 13.8 Å². The fourth-order valence-corrected chi connectivity index (χ4v) is 2.14. The number of aromatic nitrogens is 1. The lowest BCUT2D eigenvalue weighted by atomic mass is 10.2. The van der Waals surface area contributed by atoms with Crippen molar-refractivity contribution in [3.63, 3.8) is 0 Å². The molecular weight excluding hydrogens is 266 g/mol. The number of aliphatic hydroxyl groups excluding tert-OH is 1. The molecule has 2 amide bonds. The second-order valence-electron chi connectivity index (χ2n) is 4.80. The fourth-order valence-electron chi connectivity index (χ4n) is 2.14. The van der Waals surface area contributed by atoms with Crippen LogP contribution in [0.25, 0.3) is 0 Å². The fraction of sp³-hybridized carbons (Fsp3) is 0.583. The Labute approximate surface area is 115 Å². The first-order valence-corrected chi connectivity index (χ1v) is 6.26. The van der Waals surface area contributed by atoms with Gasteiger partial charge in [0.2, 0.25) is 5.89 Å². The Kier molecular flexibility index (Phi) is 3.93. The van der Waals surface area contributed by atoms with Gasteiger partial charge in [-0.05, 0) is 13.8 Å². The molecule has 0 saturated carbocycles. The van der Waals surface area contributed by atoms with Gasteiger partial charge in [-0.2, -0.15) is 0 Å². The van der Waals surface area contributed by atoms with E-state index in [0.717, 1.165) is 10.6 Å². The molecule has 110 valence electrons. The number of carboxylic acids is 1. The number of carboxylic acid groups (broad SMARTS) is 1. The van der Waals surface area contributed by atoms with Crippen LogP contribution in [-0.2, 0) is 11.3 Å². The molecule has 1 aromatic heterocycles. The third-order valence-electron chi connectivity index (χ3n) is 3.29. The van der Waals surface area contributed by atoms with Gasteiger partial charge in [-0.15, -0.1) is 0 Å². The number of urea groups is 1. The minimum Gasteiger partial charge on any atom is -0.480 e. The SMILES string of the molecule is Cc1nc(CNC(=O)N2C[C@H](O)C[C@H]2C(=O)O)oc1C. The van der Waals surface area contributed by atoms with Crippen LogP contribution in [0.5, 0.6) is 0 Å². The van der Waals surface area contributed by atoms with Gasteiger partial charge in [0.25, 0.3) is 0 Å². The molecule has 2 rings (SSSR count).